The van der Waals surface area contributed by atoms with Gasteiger partial charge >= 0.3 is 0 Å². The average molecular weight is 372 g/mol. The fraction of sp³-hybridized carbons (Fsp3) is 0.0769. The summed E-state index contributed by atoms with van der Waals surface area (Å²) in [5.41, 5.74) is -0.454. The fourth-order valence-electron chi connectivity index (χ4n) is 1.89. The molecule has 0 unspecified atom stereocenters. The molecule has 126 valence electrons. The van der Waals surface area contributed by atoms with Crippen LogP contribution in [0.3, 0.4) is 0 Å². The zero-order valence-electron chi connectivity index (χ0n) is 12.1. The molecule has 1 N–H and O–H groups in total. The van der Waals surface area contributed by atoms with Gasteiger partial charge in [-0.1, -0.05) is 17.7 Å². The van der Waals surface area contributed by atoms with Crippen LogP contribution in [0.5, 0.6) is 0 Å². The lowest BCUT2D eigenvalue weighted by Crippen LogP contribution is -2.15. The van der Waals surface area contributed by atoms with Gasteiger partial charge in [0.25, 0.3) is 21.4 Å². The number of aryl methyl sites for hydroxylation is 1. The molecule has 2 aromatic rings. The smallest absolute Gasteiger partial charge is 0.271 e. The monoisotopic (exact) mass is 371 g/mol. The van der Waals surface area contributed by atoms with Gasteiger partial charge in [0.15, 0.2) is 0 Å². The molecule has 24 heavy (non-hydrogen) atoms. The van der Waals surface area contributed by atoms with Gasteiger partial charge in [0, 0.05) is 24.3 Å². The van der Waals surface area contributed by atoms with E-state index in [0.717, 1.165) is 24.3 Å². The number of rotatable bonds is 5. The first-order valence-electron chi connectivity index (χ1n) is 6.33. The summed E-state index contributed by atoms with van der Waals surface area (Å²) in [5, 5.41) is 21.3. The molecule has 0 fully saturated rings. The number of sulfonamides is 1. The molecule has 0 amide bonds. The van der Waals surface area contributed by atoms with Crippen molar-refractivity contribution in [2.75, 3.05) is 4.72 Å². The minimum Gasteiger partial charge on any atom is -0.278 e. The van der Waals surface area contributed by atoms with Crippen LogP contribution in [-0.2, 0) is 10.0 Å². The number of nitrogens with one attached hydrogen (secondary N) is 1. The number of hydrogen-bond acceptors (Lipinski definition) is 6. The average Bonchev–Trinajstić information content (AvgIpc) is 2.48. The Kier molecular flexibility index (Phi) is 4.71. The molecule has 0 heterocycles. The summed E-state index contributed by atoms with van der Waals surface area (Å²) in [6.07, 6.45) is 0. The Morgan fingerprint density at radius 3 is 2.08 bits per heavy atom. The van der Waals surface area contributed by atoms with E-state index in [1.807, 2.05) is 0 Å². The van der Waals surface area contributed by atoms with Gasteiger partial charge in [0.2, 0.25) is 0 Å². The van der Waals surface area contributed by atoms with Crippen LogP contribution < -0.4 is 4.72 Å². The van der Waals surface area contributed by atoms with Crippen molar-refractivity contribution in [1.82, 2.24) is 0 Å². The first-order chi connectivity index (χ1) is 11.1. The minimum atomic E-state index is -4.16. The van der Waals surface area contributed by atoms with E-state index in [-0.39, 0.29) is 27.0 Å². The zero-order chi connectivity index (χ0) is 18.1. The van der Waals surface area contributed by atoms with Crippen molar-refractivity contribution < 1.29 is 18.3 Å². The Balaban J connectivity index is 2.44. The van der Waals surface area contributed by atoms with Crippen molar-refractivity contribution in [2.24, 2.45) is 0 Å². The third-order valence-electron chi connectivity index (χ3n) is 3.08. The molecule has 0 aliphatic carbocycles. The van der Waals surface area contributed by atoms with Crippen LogP contribution in [0.15, 0.2) is 41.3 Å². The van der Waals surface area contributed by atoms with Gasteiger partial charge in [-0.2, -0.15) is 0 Å². The van der Waals surface area contributed by atoms with Gasteiger partial charge in [-0.15, -0.1) is 0 Å². The Morgan fingerprint density at radius 2 is 1.54 bits per heavy atom. The van der Waals surface area contributed by atoms with Crippen LogP contribution in [0.25, 0.3) is 0 Å². The summed E-state index contributed by atoms with van der Waals surface area (Å²) in [7, 11) is -4.16. The van der Waals surface area contributed by atoms with Crippen molar-refractivity contribution in [3.63, 3.8) is 0 Å². The predicted octanol–water partition coefficient (Wildman–Crippen LogP) is 3.27. The van der Waals surface area contributed by atoms with Crippen molar-refractivity contribution in [1.29, 1.82) is 0 Å². The highest BCUT2D eigenvalue weighted by molar-refractivity contribution is 7.92. The second-order valence-corrected chi connectivity index (χ2v) is 6.79. The number of hydrogen-bond donors (Lipinski definition) is 1. The molecule has 9 nitrogen and oxygen atoms in total. The molecule has 0 aliphatic rings. The van der Waals surface area contributed by atoms with Crippen LogP contribution in [-0.4, -0.2) is 18.3 Å². The number of halogens is 1. The first kappa shape index (κ1) is 17.6. The second kappa shape index (κ2) is 6.42. The number of benzene rings is 2. The SMILES string of the molecule is Cc1ccc([N+](=O)[O-])cc1S(=O)(=O)Nc1ccc([N+](=O)[O-])cc1Cl. The molecule has 0 saturated carbocycles. The summed E-state index contributed by atoms with van der Waals surface area (Å²) in [6.45, 7) is 1.48. The molecule has 0 atom stereocenters. The van der Waals surface area contributed by atoms with Gasteiger partial charge in [-0.25, -0.2) is 8.42 Å². The van der Waals surface area contributed by atoms with Gasteiger partial charge < -0.3 is 0 Å². The van der Waals surface area contributed by atoms with E-state index in [0.29, 0.717) is 5.56 Å². The number of non-ortho nitro benzene ring substituents is 2. The summed E-state index contributed by atoms with van der Waals surface area (Å²) in [4.78, 5) is 19.8. The van der Waals surface area contributed by atoms with E-state index in [2.05, 4.69) is 4.72 Å². The van der Waals surface area contributed by atoms with E-state index in [9.17, 15) is 28.6 Å². The standard InChI is InChI=1S/C13H10ClN3O6S/c1-8-2-3-10(17(20)21)7-13(8)24(22,23)15-12-5-4-9(16(18)19)6-11(12)14/h2-7,15H,1H3. The minimum absolute atomic E-state index is 0.0758. The Hall–Kier alpha value is -2.72. The molecule has 0 aliphatic heterocycles. The maximum absolute atomic E-state index is 12.4. The molecule has 0 bridgehead atoms. The van der Waals surface area contributed by atoms with E-state index in [4.69, 9.17) is 11.6 Å². The van der Waals surface area contributed by atoms with Crippen LogP contribution >= 0.6 is 11.6 Å². The van der Waals surface area contributed by atoms with Crippen LogP contribution in [0.4, 0.5) is 17.1 Å². The summed E-state index contributed by atoms with van der Waals surface area (Å²) in [6, 6.07) is 6.66. The highest BCUT2D eigenvalue weighted by atomic mass is 35.5. The molecule has 0 saturated heterocycles. The molecular formula is C13H10ClN3O6S. The Bertz CT molecular complexity index is 945. The lowest BCUT2D eigenvalue weighted by molar-refractivity contribution is -0.385. The normalized spacial score (nSPS) is 11.1. The zero-order valence-corrected chi connectivity index (χ0v) is 13.7. The quantitative estimate of drug-likeness (QED) is 0.633. The topological polar surface area (TPSA) is 132 Å². The number of nitro groups is 2. The van der Waals surface area contributed by atoms with Gasteiger partial charge in [-0.3, -0.25) is 25.0 Å². The van der Waals surface area contributed by atoms with Gasteiger partial charge in [0.1, 0.15) is 0 Å². The lowest BCUT2D eigenvalue weighted by Gasteiger charge is -2.11. The molecule has 11 heteroatoms. The largest absolute Gasteiger partial charge is 0.278 e. The molecule has 0 aromatic heterocycles. The first-order valence-corrected chi connectivity index (χ1v) is 8.20. The number of anilines is 1. The van der Waals surface area contributed by atoms with Crippen LogP contribution in [0, 0.1) is 27.2 Å². The number of nitro benzene ring substituents is 2. The highest BCUT2D eigenvalue weighted by Gasteiger charge is 2.22. The van der Waals surface area contributed by atoms with Crippen molar-refractivity contribution in [3.8, 4) is 0 Å². The van der Waals surface area contributed by atoms with Crippen LogP contribution in [0.1, 0.15) is 5.56 Å². The third kappa shape index (κ3) is 3.60. The molecular weight excluding hydrogens is 362 g/mol. The predicted molar refractivity (Wildman–Crippen MR) is 86.7 cm³/mol. The third-order valence-corrected chi connectivity index (χ3v) is 4.90. The maximum Gasteiger partial charge on any atom is 0.271 e. The van der Waals surface area contributed by atoms with E-state index in [1.54, 1.807) is 0 Å². The van der Waals surface area contributed by atoms with E-state index < -0.39 is 19.9 Å². The van der Waals surface area contributed by atoms with Crippen molar-refractivity contribution in [3.05, 3.63) is 67.2 Å². The summed E-state index contributed by atoms with van der Waals surface area (Å²) >= 11 is 5.85. The second-order valence-electron chi connectivity index (χ2n) is 4.73. The Labute approximate surface area is 141 Å². The molecule has 0 spiro atoms. The molecule has 2 rings (SSSR count). The lowest BCUT2D eigenvalue weighted by atomic mass is 10.2. The Morgan fingerprint density at radius 1 is 1.00 bits per heavy atom. The number of nitrogens with zero attached hydrogens (tertiary/aromatic N) is 2. The molecule has 0 radical (unpaired) electrons. The highest BCUT2D eigenvalue weighted by Crippen LogP contribution is 2.30. The summed E-state index contributed by atoms with van der Waals surface area (Å²) in [5.74, 6) is 0. The maximum atomic E-state index is 12.4. The van der Waals surface area contributed by atoms with Gasteiger partial charge in [-0.05, 0) is 18.6 Å². The molecule has 2 aromatic carbocycles. The van der Waals surface area contributed by atoms with Crippen molar-refractivity contribution in [2.45, 2.75) is 11.8 Å². The summed E-state index contributed by atoms with van der Waals surface area (Å²) < 4.78 is 27.1. The van der Waals surface area contributed by atoms with Crippen molar-refractivity contribution >= 4 is 38.7 Å². The van der Waals surface area contributed by atoms with E-state index in [1.165, 1.54) is 19.1 Å². The van der Waals surface area contributed by atoms with E-state index >= 15 is 0 Å². The fourth-order valence-corrected chi connectivity index (χ4v) is 3.52. The van der Waals surface area contributed by atoms with Crippen LogP contribution in [0.2, 0.25) is 5.02 Å². The van der Waals surface area contributed by atoms with Gasteiger partial charge in [0.05, 0.1) is 25.5 Å².